The smallest absolute Gasteiger partial charge is 0.255 e. The van der Waals surface area contributed by atoms with Crippen LogP contribution in [0.5, 0.6) is 0 Å². The van der Waals surface area contributed by atoms with Crippen molar-refractivity contribution in [2.24, 2.45) is 0 Å². The summed E-state index contributed by atoms with van der Waals surface area (Å²) in [6.07, 6.45) is 1.53. The van der Waals surface area contributed by atoms with Crippen LogP contribution >= 0.6 is 0 Å². The van der Waals surface area contributed by atoms with Crippen LogP contribution in [0.1, 0.15) is 34.8 Å². The molecule has 0 bridgehead atoms. The monoisotopic (exact) mass is 358 g/mol. The Bertz CT molecular complexity index is 889. The predicted molar refractivity (Wildman–Crippen MR) is 101 cm³/mol. The molecule has 1 amide bonds. The van der Waals surface area contributed by atoms with Crippen LogP contribution in [-0.2, 0) is 16.4 Å². The molecule has 0 saturated heterocycles. The van der Waals surface area contributed by atoms with Crippen molar-refractivity contribution in [1.29, 1.82) is 0 Å². The first-order valence-electron chi connectivity index (χ1n) is 8.42. The molecule has 0 aliphatic carbocycles. The quantitative estimate of drug-likeness (QED) is 0.911. The van der Waals surface area contributed by atoms with Crippen molar-refractivity contribution >= 4 is 27.3 Å². The molecule has 1 N–H and O–H groups in total. The number of nitrogens with zero attached hydrogens (tertiary/aromatic N) is 1. The van der Waals surface area contributed by atoms with E-state index >= 15 is 0 Å². The molecule has 1 aliphatic rings. The SMILES string of the molecule is CCS(=O)(=O)N1CCCc2cc(C(=O)Nc3ccc(C)cc3)ccc21. The van der Waals surface area contributed by atoms with E-state index in [4.69, 9.17) is 0 Å². The molecule has 0 saturated carbocycles. The fourth-order valence-electron chi connectivity index (χ4n) is 2.99. The Labute approximate surface area is 148 Å². The molecule has 1 aliphatic heterocycles. The molecule has 0 atom stereocenters. The highest BCUT2D eigenvalue weighted by Gasteiger charge is 2.26. The van der Waals surface area contributed by atoms with E-state index < -0.39 is 10.0 Å². The number of rotatable bonds is 4. The van der Waals surface area contributed by atoms with Crippen molar-refractivity contribution in [3.63, 3.8) is 0 Å². The zero-order chi connectivity index (χ0) is 18.0. The number of aryl methyl sites for hydroxylation is 2. The van der Waals surface area contributed by atoms with Crippen molar-refractivity contribution in [1.82, 2.24) is 0 Å². The fraction of sp³-hybridized carbons (Fsp3) is 0.316. The van der Waals surface area contributed by atoms with Crippen LogP contribution < -0.4 is 9.62 Å². The minimum Gasteiger partial charge on any atom is -0.322 e. The van der Waals surface area contributed by atoms with Crippen LogP contribution in [0.2, 0.25) is 0 Å². The highest BCUT2D eigenvalue weighted by molar-refractivity contribution is 7.92. The Morgan fingerprint density at radius 2 is 1.88 bits per heavy atom. The van der Waals surface area contributed by atoms with Gasteiger partial charge in [-0.1, -0.05) is 17.7 Å². The highest BCUT2D eigenvalue weighted by Crippen LogP contribution is 2.30. The van der Waals surface area contributed by atoms with Crippen LogP contribution in [0, 0.1) is 6.92 Å². The van der Waals surface area contributed by atoms with Gasteiger partial charge in [0.2, 0.25) is 10.0 Å². The number of carbonyl (C=O) groups is 1. The van der Waals surface area contributed by atoms with Crippen LogP contribution in [-0.4, -0.2) is 26.6 Å². The third kappa shape index (κ3) is 3.69. The zero-order valence-corrected chi connectivity index (χ0v) is 15.3. The maximum absolute atomic E-state index is 12.5. The summed E-state index contributed by atoms with van der Waals surface area (Å²) in [5.74, 6) is -0.121. The third-order valence-corrected chi connectivity index (χ3v) is 6.21. The normalized spacial score (nSPS) is 14.1. The fourth-order valence-corrected chi connectivity index (χ4v) is 4.19. The van der Waals surface area contributed by atoms with E-state index in [0.29, 0.717) is 17.8 Å². The largest absolute Gasteiger partial charge is 0.322 e. The number of sulfonamides is 1. The van der Waals surface area contributed by atoms with Crippen LogP contribution in [0.4, 0.5) is 11.4 Å². The first-order valence-corrected chi connectivity index (χ1v) is 10.0. The Hall–Kier alpha value is -2.34. The van der Waals surface area contributed by atoms with Crippen molar-refractivity contribution in [2.75, 3.05) is 21.9 Å². The van der Waals surface area contributed by atoms with Crippen molar-refractivity contribution in [2.45, 2.75) is 26.7 Å². The lowest BCUT2D eigenvalue weighted by atomic mass is 10.0. The summed E-state index contributed by atoms with van der Waals surface area (Å²) in [6, 6.07) is 12.8. The van der Waals surface area contributed by atoms with Gasteiger partial charge in [-0.3, -0.25) is 9.10 Å². The summed E-state index contributed by atoms with van der Waals surface area (Å²) < 4.78 is 26.0. The summed E-state index contributed by atoms with van der Waals surface area (Å²) in [5.41, 5.74) is 4.00. The van der Waals surface area contributed by atoms with Gasteiger partial charge in [0.15, 0.2) is 0 Å². The number of nitrogens with one attached hydrogen (secondary N) is 1. The second-order valence-electron chi connectivity index (χ2n) is 6.24. The number of anilines is 2. The van der Waals surface area contributed by atoms with E-state index in [1.807, 2.05) is 31.2 Å². The first-order chi connectivity index (χ1) is 11.9. The van der Waals surface area contributed by atoms with E-state index in [1.54, 1.807) is 25.1 Å². The van der Waals surface area contributed by atoms with Crippen molar-refractivity contribution in [3.8, 4) is 0 Å². The third-order valence-electron chi connectivity index (χ3n) is 4.43. The molecule has 6 heteroatoms. The second-order valence-corrected chi connectivity index (χ2v) is 8.42. The van der Waals surface area contributed by atoms with E-state index in [9.17, 15) is 13.2 Å². The van der Waals surface area contributed by atoms with Gasteiger partial charge >= 0.3 is 0 Å². The Morgan fingerprint density at radius 3 is 2.56 bits per heavy atom. The molecule has 0 unspecified atom stereocenters. The lowest BCUT2D eigenvalue weighted by molar-refractivity contribution is 0.102. The molecule has 25 heavy (non-hydrogen) atoms. The number of amides is 1. The average Bonchev–Trinajstić information content (AvgIpc) is 2.62. The second kappa shape index (κ2) is 6.88. The van der Waals surface area contributed by atoms with Crippen LogP contribution in [0.25, 0.3) is 0 Å². The molecule has 2 aromatic carbocycles. The van der Waals surface area contributed by atoms with Gasteiger partial charge in [0.1, 0.15) is 0 Å². The molecule has 5 nitrogen and oxygen atoms in total. The lowest BCUT2D eigenvalue weighted by Crippen LogP contribution is -2.36. The van der Waals surface area contributed by atoms with Gasteiger partial charge in [-0.15, -0.1) is 0 Å². The molecular weight excluding hydrogens is 336 g/mol. The Balaban J connectivity index is 1.85. The van der Waals surface area contributed by atoms with E-state index in [0.717, 1.165) is 29.7 Å². The van der Waals surface area contributed by atoms with Gasteiger partial charge in [-0.05, 0) is 62.6 Å². The molecule has 0 fully saturated rings. The average molecular weight is 358 g/mol. The van der Waals surface area contributed by atoms with Crippen LogP contribution in [0.15, 0.2) is 42.5 Å². The number of carbonyl (C=O) groups excluding carboxylic acids is 1. The summed E-state index contributed by atoms with van der Waals surface area (Å²) in [5, 5.41) is 2.87. The molecule has 3 rings (SSSR count). The van der Waals surface area contributed by atoms with Gasteiger partial charge in [0.05, 0.1) is 11.4 Å². The van der Waals surface area contributed by atoms with E-state index in [-0.39, 0.29) is 11.7 Å². The number of hydrogen-bond acceptors (Lipinski definition) is 3. The molecule has 132 valence electrons. The maximum Gasteiger partial charge on any atom is 0.255 e. The summed E-state index contributed by atoms with van der Waals surface area (Å²) in [7, 11) is -3.29. The van der Waals surface area contributed by atoms with Crippen LogP contribution in [0.3, 0.4) is 0 Å². The van der Waals surface area contributed by atoms with Crippen molar-refractivity contribution in [3.05, 3.63) is 59.2 Å². The summed E-state index contributed by atoms with van der Waals surface area (Å²) in [4.78, 5) is 12.5. The zero-order valence-electron chi connectivity index (χ0n) is 14.5. The number of benzene rings is 2. The summed E-state index contributed by atoms with van der Waals surface area (Å²) in [6.45, 7) is 4.14. The molecular formula is C19H22N2O3S. The number of fused-ring (bicyclic) bond motifs is 1. The lowest BCUT2D eigenvalue weighted by Gasteiger charge is -2.30. The van der Waals surface area contributed by atoms with Gasteiger partial charge in [0.25, 0.3) is 5.91 Å². The predicted octanol–water partition coefficient (Wildman–Crippen LogP) is 3.35. The standard InChI is InChI=1S/C19H22N2O3S/c1-3-25(23,24)21-12-4-5-15-13-16(8-11-18(15)21)19(22)20-17-9-6-14(2)7-10-17/h6-11,13H,3-5,12H2,1-2H3,(H,20,22). The minimum atomic E-state index is -3.29. The molecule has 0 aromatic heterocycles. The number of hydrogen-bond donors (Lipinski definition) is 1. The highest BCUT2D eigenvalue weighted by atomic mass is 32.2. The molecule has 0 radical (unpaired) electrons. The maximum atomic E-state index is 12.5. The van der Waals surface area contributed by atoms with Gasteiger partial charge < -0.3 is 5.32 Å². The van der Waals surface area contributed by atoms with E-state index in [2.05, 4.69) is 5.32 Å². The van der Waals surface area contributed by atoms with Crippen molar-refractivity contribution < 1.29 is 13.2 Å². The van der Waals surface area contributed by atoms with Gasteiger partial charge in [-0.25, -0.2) is 8.42 Å². The summed E-state index contributed by atoms with van der Waals surface area (Å²) >= 11 is 0. The Kier molecular flexibility index (Phi) is 4.81. The van der Waals surface area contributed by atoms with E-state index in [1.165, 1.54) is 4.31 Å². The topological polar surface area (TPSA) is 66.5 Å². The molecule has 1 heterocycles. The van der Waals surface area contributed by atoms with Gasteiger partial charge in [-0.2, -0.15) is 0 Å². The molecule has 0 spiro atoms. The Morgan fingerprint density at radius 1 is 1.16 bits per heavy atom. The molecule has 2 aromatic rings. The minimum absolute atomic E-state index is 0.0715. The first kappa shape index (κ1) is 17.5. The van der Waals surface area contributed by atoms with Gasteiger partial charge in [0, 0.05) is 17.8 Å².